The number of carbonyl (C=O) groups excluding carboxylic acids is 1. The summed E-state index contributed by atoms with van der Waals surface area (Å²) in [7, 11) is 0. The van der Waals surface area contributed by atoms with Crippen LogP contribution in [0.4, 0.5) is 0 Å². The zero-order chi connectivity index (χ0) is 18.4. The van der Waals surface area contributed by atoms with E-state index in [1.54, 1.807) is 53.4 Å². The maximum Gasteiger partial charge on any atom is 0.338 e. The highest BCUT2D eigenvalue weighted by Crippen LogP contribution is 2.27. The minimum absolute atomic E-state index is 0.178. The summed E-state index contributed by atoms with van der Waals surface area (Å²) in [5, 5.41) is 10.8. The molecular weight excluding hydrogens is 364 g/mol. The number of carbonyl (C=O) groups is 1. The number of benzene rings is 2. The summed E-state index contributed by atoms with van der Waals surface area (Å²) in [6.07, 6.45) is 0. The molecule has 0 aliphatic heterocycles. The number of esters is 1. The third kappa shape index (κ3) is 4.72. The fourth-order valence-corrected chi connectivity index (χ4v) is 4.14. The number of aryl methyl sites for hydroxylation is 1. The second-order valence-electron chi connectivity index (χ2n) is 5.59. The lowest BCUT2D eigenvalue weighted by Crippen LogP contribution is -2.08. The fourth-order valence-electron chi connectivity index (χ4n) is 2.29. The maximum absolute atomic E-state index is 12.5. The van der Waals surface area contributed by atoms with E-state index < -0.39 is 0 Å². The number of hydrogen-bond acceptors (Lipinski definition) is 6. The highest BCUT2D eigenvalue weighted by atomic mass is 32.2. The Morgan fingerprint density at radius 1 is 1.23 bits per heavy atom. The Kier molecular flexibility index (Phi) is 6.05. The average Bonchev–Trinajstić information content (AvgIpc) is 3.10. The normalized spacial score (nSPS) is 10.3. The lowest BCUT2D eigenvalue weighted by molar-refractivity contribution is 0.0472. The minimum Gasteiger partial charge on any atom is -0.457 e. The number of nitriles is 1. The van der Waals surface area contributed by atoms with Crippen LogP contribution in [-0.4, -0.2) is 11.0 Å². The summed E-state index contributed by atoms with van der Waals surface area (Å²) < 4.78 is 6.43. The van der Waals surface area contributed by atoms with Crippen LogP contribution in [0.2, 0.25) is 0 Å². The molecule has 0 bridgehead atoms. The van der Waals surface area contributed by atoms with Crippen LogP contribution in [0.3, 0.4) is 0 Å². The third-order valence-electron chi connectivity index (χ3n) is 3.64. The molecule has 0 aliphatic rings. The Bertz CT molecular complexity index is 943. The van der Waals surface area contributed by atoms with Gasteiger partial charge < -0.3 is 4.74 Å². The van der Waals surface area contributed by atoms with Gasteiger partial charge in [0.25, 0.3) is 0 Å². The molecule has 0 N–H and O–H groups in total. The molecule has 26 heavy (non-hydrogen) atoms. The Hall–Kier alpha value is -2.62. The monoisotopic (exact) mass is 380 g/mol. The lowest BCUT2D eigenvalue weighted by atomic mass is 10.1. The standard InChI is InChI=1S/C20H16N2O2S2/c1-14-12-25-20(22-14)26-13-17-4-2-3-5-18(17)19(23)24-11-16-8-6-15(10-21)7-9-16/h2-9,12H,11,13H2,1H3. The zero-order valence-electron chi connectivity index (χ0n) is 14.1. The van der Waals surface area contributed by atoms with Crippen molar-refractivity contribution >= 4 is 29.1 Å². The van der Waals surface area contributed by atoms with E-state index in [9.17, 15) is 4.79 Å². The van der Waals surface area contributed by atoms with Gasteiger partial charge in [0.15, 0.2) is 0 Å². The minimum atomic E-state index is -0.346. The van der Waals surface area contributed by atoms with E-state index in [1.165, 1.54) is 0 Å². The van der Waals surface area contributed by atoms with Crippen molar-refractivity contribution in [2.45, 2.75) is 23.6 Å². The molecule has 0 atom stereocenters. The molecule has 0 saturated heterocycles. The number of ether oxygens (including phenoxy) is 1. The third-order valence-corrected chi connectivity index (χ3v) is 5.83. The number of aromatic nitrogens is 1. The molecule has 0 fully saturated rings. The van der Waals surface area contributed by atoms with Crippen molar-refractivity contribution in [2.75, 3.05) is 0 Å². The average molecular weight is 380 g/mol. The number of nitrogens with zero attached hydrogens (tertiary/aromatic N) is 2. The van der Waals surface area contributed by atoms with E-state index in [1.807, 2.05) is 30.5 Å². The van der Waals surface area contributed by atoms with Gasteiger partial charge in [0.05, 0.1) is 17.2 Å². The molecule has 0 aliphatic carbocycles. The summed E-state index contributed by atoms with van der Waals surface area (Å²) in [6, 6.07) is 16.5. The zero-order valence-corrected chi connectivity index (χ0v) is 15.8. The van der Waals surface area contributed by atoms with Gasteiger partial charge in [0, 0.05) is 16.8 Å². The smallest absolute Gasteiger partial charge is 0.338 e. The van der Waals surface area contributed by atoms with E-state index in [4.69, 9.17) is 10.00 Å². The van der Waals surface area contributed by atoms with E-state index in [-0.39, 0.29) is 12.6 Å². The second-order valence-corrected chi connectivity index (χ2v) is 7.67. The van der Waals surface area contributed by atoms with E-state index in [0.717, 1.165) is 21.2 Å². The van der Waals surface area contributed by atoms with Gasteiger partial charge in [-0.2, -0.15) is 5.26 Å². The quantitative estimate of drug-likeness (QED) is 0.446. The first-order valence-corrected chi connectivity index (χ1v) is 9.81. The molecule has 0 amide bonds. The molecule has 3 aromatic rings. The molecule has 2 aromatic carbocycles. The molecule has 6 heteroatoms. The van der Waals surface area contributed by atoms with Crippen LogP contribution in [0.15, 0.2) is 58.3 Å². The molecular formula is C20H16N2O2S2. The second kappa shape index (κ2) is 8.65. The van der Waals surface area contributed by atoms with Crippen molar-refractivity contribution < 1.29 is 9.53 Å². The predicted octanol–water partition coefficient (Wildman–Crippen LogP) is 4.97. The summed E-state index contributed by atoms with van der Waals surface area (Å²) >= 11 is 3.22. The lowest BCUT2D eigenvalue weighted by Gasteiger charge is -2.09. The highest BCUT2D eigenvalue weighted by Gasteiger charge is 2.13. The van der Waals surface area contributed by atoms with Crippen molar-refractivity contribution in [1.82, 2.24) is 4.98 Å². The number of thiazole rings is 1. The van der Waals surface area contributed by atoms with Crippen molar-refractivity contribution in [2.24, 2.45) is 0 Å². The molecule has 3 rings (SSSR count). The Morgan fingerprint density at radius 2 is 2.00 bits per heavy atom. The van der Waals surface area contributed by atoms with Gasteiger partial charge in [-0.05, 0) is 36.2 Å². The molecule has 1 heterocycles. The van der Waals surface area contributed by atoms with Gasteiger partial charge >= 0.3 is 5.97 Å². The van der Waals surface area contributed by atoms with Crippen LogP contribution < -0.4 is 0 Å². The first kappa shape index (κ1) is 18.2. The number of hydrogen-bond donors (Lipinski definition) is 0. The van der Waals surface area contributed by atoms with Crippen LogP contribution in [0.25, 0.3) is 0 Å². The highest BCUT2D eigenvalue weighted by molar-refractivity contribution is 8.00. The van der Waals surface area contributed by atoms with Crippen molar-refractivity contribution in [3.63, 3.8) is 0 Å². The summed E-state index contributed by atoms with van der Waals surface area (Å²) in [5.41, 5.74) is 3.94. The van der Waals surface area contributed by atoms with Crippen molar-refractivity contribution in [1.29, 1.82) is 5.26 Å². The molecule has 1 aromatic heterocycles. The maximum atomic E-state index is 12.5. The molecule has 0 radical (unpaired) electrons. The molecule has 0 saturated carbocycles. The van der Waals surface area contributed by atoms with E-state index in [0.29, 0.717) is 16.9 Å². The summed E-state index contributed by atoms with van der Waals surface area (Å²) in [4.78, 5) is 16.9. The van der Waals surface area contributed by atoms with Crippen LogP contribution in [0.5, 0.6) is 0 Å². The molecule has 0 spiro atoms. The largest absolute Gasteiger partial charge is 0.457 e. The van der Waals surface area contributed by atoms with Gasteiger partial charge in [0.1, 0.15) is 10.9 Å². The van der Waals surface area contributed by atoms with E-state index in [2.05, 4.69) is 11.1 Å². The molecule has 4 nitrogen and oxygen atoms in total. The number of thioether (sulfide) groups is 1. The Labute approximate surface area is 160 Å². The SMILES string of the molecule is Cc1csc(SCc2ccccc2C(=O)OCc2ccc(C#N)cc2)n1. The first-order valence-electron chi connectivity index (χ1n) is 7.94. The number of rotatable bonds is 6. The predicted molar refractivity (Wildman–Crippen MR) is 103 cm³/mol. The molecule has 0 unspecified atom stereocenters. The topological polar surface area (TPSA) is 63.0 Å². The fraction of sp³-hybridized carbons (Fsp3) is 0.150. The van der Waals surface area contributed by atoms with E-state index >= 15 is 0 Å². The first-order chi connectivity index (χ1) is 12.7. The van der Waals surface area contributed by atoms with Gasteiger partial charge in [0.2, 0.25) is 0 Å². The Balaban J connectivity index is 1.64. The Morgan fingerprint density at radius 3 is 2.69 bits per heavy atom. The van der Waals surface area contributed by atoms with Crippen molar-refractivity contribution in [3.8, 4) is 6.07 Å². The van der Waals surface area contributed by atoms with Crippen molar-refractivity contribution in [3.05, 3.63) is 81.9 Å². The van der Waals surface area contributed by atoms with Gasteiger partial charge in [-0.15, -0.1) is 11.3 Å². The van der Waals surface area contributed by atoms with Crippen LogP contribution in [0, 0.1) is 18.3 Å². The van der Waals surface area contributed by atoms with Gasteiger partial charge in [-0.25, -0.2) is 9.78 Å². The van der Waals surface area contributed by atoms with Crippen LogP contribution in [0.1, 0.15) is 32.7 Å². The van der Waals surface area contributed by atoms with Gasteiger partial charge in [-0.1, -0.05) is 42.1 Å². The molecule has 130 valence electrons. The van der Waals surface area contributed by atoms with Crippen LogP contribution >= 0.6 is 23.1 Å². The van der Waals surface area contributed by atoms with Gasteiger partial charge in [-0.3, -0.25) is 0 Å². The van der Waals surface area contributed by atoms with Crippen LogP contribution in [-0.2, 0) is 17.1 Å². The summed E-state index contributed by atoms with van der Waals surface area (Å²) in [5.74, 6) is 0.315. The summed E-state index contributed by atoms with van der Waals surface area (Å²) in [6.45, 7) is 2.15.